The smallest absolute Gasteiger partial charge is 0.245 e. The van der Waals surface area contributed by atoms with Crippen LogP contribution in [0.4, 0.5) is 5.69 Å². The van der Waals surface area contributed by atoms with Gasteiger partial charge in [0.25, 0.3) is 0 Å². The number of pyridine rings is 1. The number of hydrogen-bond donors (Lipinski definition) is 4. The van der Waals surface area contributed by atoms with Crippen molar-refractivity contribution in [3.8, 4) is 10.4 Å². The maximum atomic E-state index is 12.6. The summed E-state index contributed by atoms with van der Waals surface area (Å²) in [5, 5.41) is 12.0. The Morgan fingerprint density at radius 2 is 2.06 bits per heavy atom. The first-order valence-electron chi connectivity index (χ1n) is 11.2. The van der Waals surface area contributed by atoms with Crippen LogP contribution in [-0.4, -0.2) is 33.8 Å². The second kappa shape index (κ2) is 11.1. The van der Waals surface area contributed by atoms with Gasteiger partial charge in [-0.15, -0.1) is 23.1 Å². The lowest BCUT2D eigenvalue weighted by atomic mass is 9.94. The fourth-order valence-corrected chi connectivity index (χ4v) is 7.05. The standard InChI is InChI=1S/C25H28N4O3S2/c26-20(13-17-5-4-11-27-16-17)24(31)28-19-7-3-6-18(14-19)21-8-9-22(34-21)25(15-23(30)29-32)10-1-2-12-33-25/h3-9,11,14,16,20,32H,1-2,10,12-13,15,26H2,(H,28,31)(H,29,30)/t20?,25-/m0/s1. The molecule has 2 aromatic heterocycles. The van der Waals surface area contributed by atoms with E-state index in [-0.39, 0.29) is 23.0 Å². The van der Waals surface area contributed by atoms with Crippen LogP contribution in [-0.2, 0) is 20.8 Å². The number of nitrogens with one attached hydrogen (secondary N) is 2. The van der Waals surface area contributed by atoms with Gasteiger partial charge >= 0.3 is 0 Å². The van der Waals surface area contributed by atoms with Crippen molar-refractivity contribution in [2.45, 2.75) is 42.9 Å². The lowest BCUT2D eigenvalue weighted by molar-refractivity contribution is -0.129. The van der Waals surface area contributed by atoms with Crippen molar-refractivity contribution in [2.75, 3.05) is 11.1 Å². The van der Waals surface area contributed by atoms with Gasteiger partial charge in [0.05, 0.1) is 10.8 Å². The highest BCUT2D eigenvalue weighted by Crippen LogP contribution is 2.50. The second-order valence-corrected chi connectivity index (χ2v) is 11.0. The van der Waals surface area contributed by atoms with Gasteiger partial charge in [-0.2, -0.15) is 0 Å². The zero-order valence-corrected chi connectivity index (χ0v) is 20.3. The normalized spacial score (nSPS) is 18.8. The summed E-state index contributed by atoms with van der Waals surface area (Å²) in [6.07, 6.45) is 7.15. The maximum absolute atomic E-state index is 12.6. The summed E-state index contributed by atoms with van der Waals surface area (Å²) in [5.74, 6) is 0.379. The molecule has 9 heteroatoms. The molecule has 0 aliphatic carbocycles. The number of amides is 2. The van der Waals surface area contributed by atoms with Gasteiger partial charge < -0.3 is 11.1 Å². The van der Waals surface area contributed by atoms with Gasteiger partial charge in [-0.1, -0.05) is 24.6 Å². The number of hydrogen-bond acceptors (Lipinski definition) is 7. The topological polar surface area (TPSA) is 117 Å². The number of anilines is 1. The Kier molecular flexibility index (Phi) is 7.99. The molecule has 7 nitrogen and oxygen atoms in total. The van der Waals surface area contributed by atoms with E-state index in [0.717, 1.165) is 45.9 Å². The molecule has 0 bridgehead atoms. The molecule has 5 N–H and O–H groups in total. The van der Waals surface area contributed by atoms with Crippen LogP contribution in [0.3, 0.4) is 0 Å². The summed E-state index contributed by atoms with van der Waals surface area (Å²) in [4.78, 5) is 30.9. The van der Waals surface area contributed by atoms with E-state index in [2.05, 4.69) is 22.4 Å². The second-order valence-electron chi connectivity index (χ2n) is 8.42. The molecule has 1 aromatic carbocycles. The third-order valence-electron chi connectivity index (χ3n) is 5.91. The minimum atomic E-state index is -0.679. The molecule has 1 aliphatic heterocycles. The molecule has 3 heterocycles. The fourth-order valence-electron chi connectivity index (χ4n) is 4.16. The van der Waals surface area contributed by atoms with Gasteiger partial charge in [0, 0.05) is 34.3 Å². The molecular formula is C25H28N4O3S2. The molecule has 0 saturated carbocycles. The van der Waals surface area contributed by atoms with Crippen molar-refractivity contribution in [1.82, 2.24) is 10.5 Å². The molecule has 3 aromatic rings. The molecule has 2 amide bonds. The van der Waals surface area contributed by atoms with E-state index >= 15 is 0 Å². The van der Waals surface area contributed by atoms with Gasteiger partial charge in [0.2, 0.25) is 11.8 Å². The van der Waals surface area contributed by atoms with Crippen LogP contribution in [0.1, 0.15) is 36.1 Å². The molecule has 2 atom stereocenters. The Morgan fingerprint density at radius 3 is 2.79 bits per heavy atom. The maximum Gasteiger partial charge on any atom is 0.245 e. The number of thiophene rings is 1. The van der Waals surface area contributed by atoms with Crippen molar-refractivity contribution in [3.05, 3.63) is 71.4 Å². The third kappa shape index (κ3) is 5.85. The molecular weight excluding hydrogens is 468 g/mol. The van der Waals surface area contributed by atoms with Crippen LogP contribution >= 0.6 is 23.1 Å². The van der Waals surface area contributed by atoms with Crippen LogP contribution in [0, 0.1) is 0 Å². The summed E-state index contributed by atoms with van der Waals surface area (Å²) >= 11 is 3.45. The average molecular weight is 497 g/mol. The van der Waals surface area contributed by atoms with Crippen molar-refractivity contribution in [2.24, 2.45) is 5.73 Å². The van der Waals surface area contributed by atoms with E-state index in [1.54, 1.807) is 41.0 Å². The lowest BCUT2D eigenvalue weighted by Crippen LogP contribution is -2.37. The summed E-state index contributed by atoms with van der Waals surface area (Å²) < 4.78 is -0.321. The highest BCUT2D eigenvalue weighted by molar-refractivity contribution is 8.00. The van der Waals surface area contributed by atoms with Gasteiger partial charge in [-0.05, 0) is 66.5 Å². The Morgan fingerprint density at radius 1 is 1.18 bits per heavy atom. The largest absolute Gasteiger partial charge is 0.325 e. The summed E-state index contributed by atoms with van der Waals surface area (Å²) in [6, 6.07) is 14.9. The van der Waals surface area contributed by atoms with E-state index in [0.29, 0.717) is 12.1 Å². The van der Waals surface area contributed by atoms with Crippen molar-refractivity contribution >= 4 is 40.6 Å². The number of benzene rings is 1. The zero-order valence-electron chi connectivity index (χ0n) is 18.7. The molecule has 0 radical (unpaired) electrons. The highest BCUT2D eigenvalue weighted by Gasteiger charge is 2.38. The number of aromatic nitrogens is 1. The highest BCUT2D eigenvalue weighted by atomic mass is 32.2. The predicted octanol–water partition coefficient (Wildman–Crippen LogP) is 4.33. The molecule has 34 heavy (non-hydrogen) atoms. The number of carbonyl (C=O) groups excluding carboxylic acids is 2. The van der Waals surface area contributed by atoms with E-state index < -0.39 is 6.04 Å². The first-order chi connectivity index (χ1) is 16.5. The summed E-state index contributed by atoms with van der Waals surface area (Å²) in [6.45, 7) is 0. The van der Waals surface area contributed by atoms with E-state index in [1.807, 2.05) is 36.4 Å². The number of rotatable bonds is 8. The summed E-state index contributed by atoms with van der Waals surface area (Å²) in [5.41, 5.74) is 10.5. The Hall–Kier alpha value is -2.72. The number of hydroxylamine groups is 1. The molecule has 1 aliphatic rings. The van der Waals surface area contributed by atoms with Gasteiger partial charge in [0.1, 0.15) is 0 Å². The van der Waals surface area contributed by atoms with Gasteiger partial charge in [0.15, 0.2) is 0 Å². The molecule has 1 unspecified atom stereocenters. The SMILES string of the molecule is NC(Cc1cccnc1)C(=O)Nc1cccc(-c2ccc([C@@]3(CC(=O)NO)CCCCS3)s2)c1. The molecule has 0 spiro atoms. The summed E-state index contributed by atoms with van der Waals surface area (Å²) in [7, 11) is 0. The van der Waals surface area contributed by atoms with Gasteiger partial charge in [-0.25, -0.2) is 5.48 Å². The lowest BCUT2D eigenvalue weighted by Gasteiger charge is -2.35. The van der Waals surface area contributed by atoms with Crippen LogP contribution < -0.4 is 16.5 Å². The molecule has 1 fully saturated rings. The Bertz CT molecular complexity index is 1130. The van der Waals surface area contributed by atoms with Crippen molar-refractivity contribution in [3.63, 3.8) is 0 Å². The minimum Gasteiger partial charge on any atom is -0.325 e. The third-order valence-corrected chi connectivity index (χ3v) is 8.99. The zero-order chi connectivity index (χ0) is 24.0. The van der Waals surface area contributed by atoms with E-state index in [4.69, 9.17) is 10.9 Å². The van der Waals surface area contributed by atoms with Crippen LogP contribution in [0.15, 0.2) is 60.9 Å². The molecule has 1 saturated heterocycles. The first kappa shape index (κ1) is 24.4. The average Bonchev–Trinajstić information content (AvgIpc) is 3.37. The van der Waals surface area contributed by atoms with Crippen molar-refractivity contribution in [1.29, 1.82) is 0 Å². The number of thioether (sulfide) groups is 1. The van der Waals surface area contributed by atoms with Crippen LogP contribution in [0.2, 0.25) is 0 Å². The Balaban J connectivity index is 1.48. The van der Waals surface area contributed by atoms with Crippen LogP contribution in [0.25, 0.3) is 10.4 Å². The number of nitrogens with two attached hydrogens (primary N) is 1. The van der Waals surface area contributed by atoms with Crippen LogP contribution in [0.5, 0.6) is 0 Å². The fraction of sp³-hybridized carbons (Fsp3) is 0.320. The molecule has 4 rings (SSSR count). The Labute approximate surface area is 207 Å². The monoisotopic (exact) mass is 496 g/mol. The molecule has 178 valence electrons. The van der Waals surface area contributed by atoms with E-state index in [9.17, 15) is 9.59 Å². The quantitative estimate of drug-likeness (QED) is 0.272. The predicted molar refractivity (Wildman–Crippen MR) is 137 cm³/mol. The van der Waals surface area contributed by atoms with E-state index in [1.165, 1.54) is 0 Å². The first-order valence-corrected chi connectivity index (χ1v) is 13.0. The number of carbonyl (C=O) groups is 2. The van der Waals surface area contributed by atoms with Crippen molar-refractivity contribution < 1.29 is 14.8 Å². The number of nitrogens with zero attached hydrogens (tertiary/aromatic N) is 1. The minimum absolute atomic E-state index is 0.249. The van der Waals surface area contributed by atoms with Gasteiger partial charge in [-0.3, -0.25) is 19.8 Å².